The fourth-order valence-corrected chi connectivity index (χ4v) is 2.52. The average molecular weight is 348 g/mol. The Hall–Kier alpha value is -2.90. The second-order valence-electron chi connectivity index (χ2n) is 5.67. The first-order valence-corrected chi connectivity index (χ1v) is 7.55. The molecule has 3 aromatic rings. The Morgan fingerprint density at radius 2 is 1.92 bits per heavy atom. The van der Waals surface area contributed by atoms with E-state index in [-0.39, 0.29) is 12.0 Å². The van der Waals surface area contributed by atoms with Crippen LogP contribution in [0.4, 0.5) is 13.2 Å². The number of nitrogens with zero attached hydrogens (tertiary/aromatic N) is 3. The Kier molecular flexibility index (Phi) is 4.43. The highest BCUT2D eigenvalue weighted by atomic mass is 19.4. The summed E-state index contributed by atoms with van der Waals surface area (Å²) in [4.78, 5) is 12.3. The Morgan fingerprint density at radius 3 is 2.60 bits per heavy atom. The molecule has 1 N–H and O–H groups in total. The lowest BCUT2D eigenvalue weighted by Gasteiger charge is -2.22. The van der Waals surface area contributed by atoms with Gasteiger partial charge in [-0.15, -0.1) is 5.10 Å². The molecule has 1 amide bonds. The molecular weight excluding hydrogens is 333 g/mol. The molecule has 3 rings (SSSR count). The van der Waals surface area contributed by atoms with Crippen molar-refractivity contribution >= 4 is 16.9 Å². The molecule has 130 valence electrons. The number of carbonyl (C=O) groups is 1. The number of alkyl halides is 3. The van der Waals surface area contributed by atoms with Crippen LogP contribution in [0.1, 0.15) is 15.9 Å². The minimum atomic E-state index is -4.55. The Morgan fingerprint density at radius 1 is 1.20 bits per heavy atom. The predicted molar refractivity (Wildman–Crippen MR) is 86.0 cm³/mol. The molecule has 0 aliphatic heterocycles. The molecule has 1 heterocycles. The van der Waals surface area contributed by atoms with Gasteiger partial charge in [-0.25, -0.2) is 4.68 Å². The zero-order chi connectivity index (χ0) is 18.0. The number of carbonyl (C=O) groups excluding carboxylic acids is 1. The van der Waals surface area contributed by atoms with Crippen molar-refractivity contribution in [3.05, 3.63) is 59.7 Å². The van der Waals surface area contributed by atoms with Crippen molar-refractivity contribution in [2.75, 3.05) is 0 Å². The van der Waals surface area contributed by atoms with E-state index in [9.17, 15) is 18.0 Å². The molecule has 0 saturated carbocycles. The van der Waals surface area contributed by atoms with Gasteiger partial charge in [0.25, 0.3) is 5.91 Å². The molecule has 8 heteroatoms. The number of hydrogen-bond donors (Lipinski definition) is 1. The number of amides is 1. The summed E-state index contributed by atoms with van der Waals surface area (Å²) >= 11 is 0. The first-order valence-electron chi connectivity index (χ1n) is 7.55. The summed E-state index contributed by atoms with van der Waals surface area (Å²) in [5, 5.41) is 9.75. The summed E-state index contributed by atoms with van der Waals surface area (Å²) in [6.07, 6.45) is -4.88. The number of nitrogens with one attached hydrogen (secondary N) is 1. The third-order valence-corrected chi connectivity index (χ3v) is 3.86. The van der Waals surface area contributed by atoms with Crippen molar-refractivity contribution in [2.24, 2.45) is 7.05 Å². The Labute approximate surface area is 141 Å². The molecule has 25 heavy (non-hydrogen) atoms. The SMILES string of the molecule is Cn1nnc2cc(C(=O)N[C@H](Cc3ccccc3)C(F)(F)F)ccc21. The largest absolute Gasteiger partial charge is 0.408 e. The van der Waals surface area contributed by atoms with Gasteiger partial charge in [0.05, 0.1) is 5.52 Å². The van der Waals surface area contributed by atoms with Crippen LogP contribution >= 0.6 is 0 Å². The molecule has 1 atom stereocenters. The van der Waals surface area contributed by atoms with E-state index in [4.69, 9.17) is 0 Å². The van der Waals surface area contributed by atoms with Crippen LogP contribution in [0.5, 0.6) is 0 Å². The number of benzene rings is 2. The highest BCUT2D eigenvalue weighted by Gasteiger charge is 2.40. The molecule has 0 aliphatic rings. The van der Waals surface area contributed by atoms with Crippen LogP contribution in [0.25, 0.3) is 11.0 Å². The number of hydrogen-bond acceptors (Lipinski definition) is 3. The van der Waals surface area contributed by atoms with Gasteiger partial charge in [0.15, 0.2) is 0 Å². The van der Waals surface area contributed by atoms with Crippen LogP contribution in [0.2, 0.25) is 0 Å². The van der Waals surface area contributed by atoms with Gasteiger partial charge in [0.2, 0.25) is 0 Å². The van der Waals surface area contributed by atoms with E-state index in [0.717, 1.165) is 0 Å². The van der Waals surface area contributed by atoms with Crippen molar-refractivity contribution < 1.29 is 18.0 Å². The molecule has 0 radical (unpaired) electrons. The number of halogens is 3. The third-order valence-electron chi connectivity index (χ3n) is 3.86. The average Bonchev–Trinajstić information content (AvgIpc) is 2.95. The first kappa shape index (κ1) is 16.9. The van der Waals surface area contributed by atoms with Gasteiger partial charge in [-0.3, -0.25) is 4.79 Å². The highest BCUT2D eigenvalue weighted by Crippen LogP contribution is 2.24. The number of aromatic nitrogens is 3. The zero-order valence-electron chi connectivity index (χ0n) is 13.3. The quantitative estimate of drug-likeness (QED) is 0.789. The maximum Gasteiger partial charge on any atom is 0.408 e. The Balaban J connectivity index is 1.81. The van der Waals surface area contributed by atoms with Gasteiger partial charge < -0.3 is 5.32 Å². The monoisotopic (exact) mass is 348 g/mol. The lowest BCUT2D eigenvalue weighted by atomic mass is 10.0. The van der Waals surface area contributed by atoms with Crippen LogP contribution in [0.3, 0.4) is 0 Å². The van der Waals surface area contributed by atoms with Crippen molar-refractivity contribution in [1.82, 2.24) is 20.3 Å². The van der Waals surface area contributed by atoms with E-state index >= 15 is 0 Å². The molecule has 2 aromatic carbocycles. The minimum absolute atomic E-state index is 0.107. The maximum atomic E-state index is 13.3. The van der Waals surface area contributed by atoms with Crippen molar-refractivity contribution in [2.45, 2.75) is 18.6 Å². The molecule has 0 aliphatic carbocycles. The van der Waals surface area contributed by atoms with Crippen molar-refractivity contribution in [1.29, 1.82) is 0 Å². The molecule has 0 bridgehead atoms. The summed E-state index contributed by atoms with van der Waals surface area (Å²) in [5.74, 6) is -0.800. The third kappa shape index (κ3) is 3.78. The van der Waals surface area contributed by atoms with Gasteiger partial charge in [0.1, 0.15) is 11.6 Å². The van der Waals surface area contributed by atoms with Gasteiger partial charge in [-0.1, -0.05) is 35.5 Å². The number of rotatable bonds is 4. The van der Waals surface area contributed by atoms with Gasteiger partial charge >= 0.3 is 6.18 Å². The lowest BCUT2D eigenvalue weighted by molar-refractivity contribution is -0.153. The van der Waals surface area contributed by atoms with E-state index in [2.05, 4.69) is 15.6 Å². The molecule has 0 saturated heterocycles. The first-order chi connectivity index (χ1) is 11.8. The van der Waals surface area contributed by atoms with E-state index in [1.165, 1.54) is 16.8 Å². The molecular formula is C17H15F3N4O. The minimum Gasteiger partial charge on any atom is -0.340 e. The van der Waals surface area contributed by atoms with Crippen molar-refractivity contribution in [3.63, 3.8) is 0 Å². The molecule has 0 unspecified atom stereocenters. The van der Waals surface area contributed by atoms with E-state index in [1.807, 2.05) is 0 Å². The summed E-state index contributed by atoms with van der Waals surface area (Å²) in [7, 11) is 1.69. The second kappa shape index (κ2) is 6.54. The number of fused-ring (bicyclic) bond motifs is 1. The maximum absolute atomic E-state index is 13.3. The van der Waals surface area contributed by atoms with Crippen LogP contribution in [0, 0.1) is 0 Å². The topological polar surface area (TPSA) is 59.8 Å². The standard InChI is InChI=1S/C17H15F3N4O/c1-24-14-8-7-12(10-13(14)22-23-24)16(25)21-15(17(18,19)20)9-11-5-3-2-4-6-11/h2-8,10,15H,9H2,1H3,(H,21,25)/t15-/m1/s1. The van der Waals surface area contributed by atoms with Crippen molar-refractivity contribution in [3.8, 4) is 0 Å². The van der Waals surface area contributed by atoms with Crippen LogP contribution in [0.15, 0.2) is 48.5 Å². The summed E-state index contributed by atoms with van der Waals surface area (Å²) in [6.45, 7) is 0. The molecule has 5 nitrogen and oxygen atoms in total. The van der Waals surface area contributed by atoms with Crippen LogP contribution < -0.4 is 5.32 Å². The highest BCUT2D eigenvalue weighted by molar-refractivity contribution is 5.97. The van der Waals surface area contributed by atoms with E-state index in [1.54, 1.807) is 43.4 Å². The lowest BCUT2D eigenvalue weighted by Crippen LogP contribution is -2.46. The Bertz CT molecular complexity index is 890. The fourth-order valence-electron chi connectivity index (χ4n) is 2.52. The normalized spacial score (nSPS) is 13.0. The van der Waals surface area contributed by atoms with E-state index < -0.39 is 18.1 Å². The summed E-state index contributed by atoms with van der Waals surface area (Å²) < 4.78 is 41.4. The summed E-state index contributed by atoms with van der Waals surface area (Å²) in [6, 6.07) is 10.7. The smallest absolute Gasteiger partial charge is 0.340 e. The van der Waals surface area contributed by atoms with Gasteiger partial charge in [0, 0.05) is 19.0 Å². The van der Waals surface area contributed by atoms with E-state index in [0.29, 0.717) is 16.6 Å². The van der Waals surface area contributed by atoms with Crippen LogP contribution in [-0.4, -0.2) is 33.1 Å². The molecule has 0 fully saturated rings. The van der Waals surface area contributed by atoms with Gasteiger partial charge in [-0.05, 0) is 23.8 Å². The predicted octanol–water partition coefficient (Wildman–Crippen LogP) is 2.87. The summed E-state index contributed by atoms with van der Waals surface area (Å²) in [5.41, 5.74) is 1.74. The van der Waals surface area contributed by atoms with Gasteiger partial charge in [-0.2, -0.15) is 13.2 Å². The molecule has 1 aromatic heterocycles. The van der Waals surface area contributed by atoms with Crippen LogP contribution in [-0.2, 0) is 13.5 Å². The second-order valence-corrected chi connectivity index (χ2v) is 5.67. The zero-order valence-corrected chi connectivity index (χ0v) is 13.3. The fraction of sp³-hybridized carbons (Fsp3) is 0.235. The number of aryl methyl sites for hydroxylation is 1. The molecule has 0 spiro atoms.